The Morgan fingerprint density at radius 1 is 1.11 bits per heavy atom. The zero-order valence-corrected chi connectivity index (χ0v) is 21.2. The van der Waals surface area contributed by atoms with Crippen molar-refractivity contribution >= 4 is 34.6 Å². The lowest BCUT2D eigenvalue weighted by atomic mass is 10.00. The highest BCUT2D eigenvalue weighted by molar-refractivity contribution is 7.80. The van der Waals surface area contributed by atoms with Crippen LogP contribution < -0.4 is 15.5 Å². The van der Waals surface area contributed by atoms with Crippen LogP contribution in [0.15, 0.2) is 85.2 Å². The van der Waals surface area contributed by atoms with Gasteiger partial charge < -0.3 is 24.8 Å². The molecule has 5 rings (SSSR count). The van der Waals surface area contributed by atoms with Crippen LogP contribution in [-0.4, -0.2) is 34.3 Å². The second-order valence-corrected chi connectivity index (χ2v) is 9.15. The predicted molar refractivity (Wildman–Crippen MR) is 145 cm³/mol. The number of halogens is 1. The van der Waals surface area contributed by atoms with Crippen LogP contribution in [0.5, 0.6) is 0 Å². The minimum Gasteiger partial charge on any atom is -0.375 e. The molecule has 2 aromatic heterocycles. The minimum atomic E-state index is -0.308. The maximum Gasteiger partial charge on any atom is 0.250 e. The van der Waals surface area contributed by atoms with E-state index in [0.717, 1.165) is 22.6 Å². The second-order valence-electron chi connectivity index (χ2n) is 8.76. The van der Waals surface area contributed by atoms with E-state index in [4.69, 9.17) is 17.0 Å². The fraction of sp³-hybridized carbons (Fsp3) is 0.179. The number of hydrogen-bond donors (Lipinski definition) is 2. The number of ether oxygens (including phenoxy) is 1. The third-order valence-electron chi connectivity index (χ3n) is 6.31. The van der Waals surface area contributed by atoms with Crippen molar-refractivity contribution in [2.75, 3.05) is 23.9 Å². The summed E-state index contributed by atoms with van der Waals surface area (Å²) < 4.78 is 21.0. The lowest BCUT2D eigenvalue weighted by Crippen LogP contribution is -2.30. The molecule has 2 aromatic carbocycles. The van der Waals surface area contributed by atoms with Gasteiger partial charge in [0, 0.05) is 42.3 Å². The van der Waals surface area contributed by atoms with Crippen molar-refractivity contribution in [3.63, 3.8) is 0 Å². The summed E-state index contributed by atoms with van der Waals surface area (Å²) in [5, 5.41) is 6.86. The Bertz CT molecular complexity index is 1440. The third kappa shape index (κ3) is 4.96. The predicted octanol–water partition coefficient (Wildman–Crippen LogP) is 5.08. The largest absolute Gasteiger partial charge is 0.375 e. The SMILES string of the molecule is COCC(=O)Nc1ccc(N2C(=S)N[C@@H](c3ccccn3)[C@H]2c2cccn2-c2cccc(F)c2)cc1C. The third-order valence-corrected chi connectivity index (χ3v) is 6.62. The molecule has 1 aliphatic heterocycles. The topological polar surface area (TPSA) is 71.4 Å². The number of nitrogens with zero attached hydrogens (tertiary/aromatic N) is 3. The van der Waals surface area contributed by atoms with E-state index in [1.54, 1.807) is 12.3 Å². The van der Waals surface area contributed by atoms with E-state index in [2.05, 4.69) is 15.6 Å². The van der Waals surface area contributed by atoms with Crippen molar-refractivity contribution < 1.29 is 13.9 Å². The minimum absolute atomic E-state index is 0.0216. The highest BCUT2D eigenvalue weighted by Gasteiger charge is 2.42. The fourth-order valence-electron chi connectivity index (χ4n) is 4.68. The summed E-state index contributed by atoms with van der Waals surface area (Å²) in [5.74, 6) is -0.533. The number of aryl methyl sites for hydroxylation is 1. The summed E-state index contributed by atoms with van der Waals surface area (Å²) in [4.78, 5) is 18.7. The molecule has 1 fully saturated rings. The highest BCUT2D eigenvalue weighted by atomic mass is 32.1. The molecule has 4 aromatic rings. The van der Waals surface area contributed by atoms with Gasteiger partial charge in [0.05, 0.1) is 11.7 Å². The van der Waals surface area contributed by atoms with E-state index in [9.17, 15) is 9.18 Å². The standard InChI is InChI=1S/C28H26FN5O2S/c1-18-15-21(11-12-22(18)31-25(35)17-36-2)34-27(26(32-28(34)37)23-9-3-4-13-30-23)24-10-6-14-33(24)20-8-5-7-19(29)16-20/h3-16,26-27H,17H2,1-2H3,(H,31,35)(H,32,37)/t26-,27+/m0/s1. The van der Waals surface area contributed by atoms with Gasteiger partial charge in [-0.15, -0.1) is 0 Å². The zero-order valence-electron chi connectivity index (χ0n) is 20.4. The van der Waals surface area contributed by atoms with Crippen molar-refractivity contribution in [3.8, 4) is 5.69 Å². The summed E-state index contributed by atoms with van der Waals surface area (Å²) in [6, 6.07) is 21.5. The number of hydrogen-bond acceptors (Lipinski definition) is 4. The maximum atomic E-state index is 14.1. The number of amides is 1. The highest BCUT2D eigenvalue weighted by Crippen LogP contribution is 2.42. The first kappa shape index (κ1) is 24.6. The number of methoxy groups -OCH3 is 1. The molecule has 0 bridgehead atoms. The van der Waals surface area contributed by atoms with Crippen LogP contribution in [0.1, 0.15) is 29.0 Å². The Morgan fingerprint density at radius 2 is 1.97 bits per heavy atom. The molecule has 1 saturated heterocycles. The van der Waals surface area contributed by atoms with Gasteiger partial charge in [-0.3, -0.25) is 9.78 Å². The number of anilines is 2. The van der Waals surface area contributed by atoms with Crippen LogP contribution >= 0.6 is 12.2 Å². The fourth-order valence-corrected chi connectivity index (χ4v) is 5.03. The van der Waals surface area contributed by atoms with Gasteiger partial charge in [-0.25, -0.2) is 4.39 Å². The molecule has 2 atom stereocenters. The van der Waals surface area contributed by atoms with Gasteiger partial charge in [-0.05, 0) is 85.4 Å². The van der Waals surface area contributed by atoms with Crippen molar-refractivity contribution in [3.05, 3.63) is 108 Å². The number of nitrogens with one attached hydrogen (secondary N) is 2. The van der Waals surface area contributed by atoms with Crippen LogP contribution in [-0.2, 0) is 9.53 Å². The summed E-state index contributed by atoms with van der Waals surface area (Å²) >= 11 is 5.84. The molecule has 3 heterocycles. The Kier molecular flexibility index (Phi) is 6.98. The van der Waals surface area contributed by atoms with E-state index in [0.29, 0.717) is 16.5 Å². The van der Waals surface area contributed by atoms with Gasteiger partial charge in [0.15, 0.2) is 5.11 Å². The van der Waals surface area contributed by atoms with Gasteiger partial charge in [-0.2, -0.15) is 0 Å². The van der Waals surface area contributed by atoms with Gasteiger partial charge in [0.25, 0.3) is 0 Å². The molecule has 0 radical (unpaired) electrons. The molecular formula is C28H26FN5O2S. The van der Waals surface area contributed by atoms with Crippen molar-refractivity contribution in [2.45, 2.75) is 19.0 Å². The molecule has 2 N–H and O–H groups in total. The summed E-state index contributed by atoms with van der Waals surface area (Å²) in [5.41, 5.74) is 4.91. The maximum absolute atomic E-state index is 14.1. The van der Waals surface area contributed by atoms with E-state index in [1.807, 2.05) is 77.2 Å². The molecule has 7 nitrogen and oxygen atoms in total. The van der Waals surface area contributed by atoms with Crippen LogP contribution in [0.4, 0.5) is 15.8 Å². The zero-order chi connectivity index (χ0) is 25.9. The van der Waals surface area contributed by atoms with E-state index >= 15 is 0 Å². The van der Waals surface area contributed by atoms with E-state index in [-0.39, 0.29) is 30.4 Å². The van der Waals surface area contributed by atoms with E-state index in [1.165, 1.54) is 19.2 Å². The number of carbonyl (C=O) groups excluding carboxylic acids is 1. The number of rotatable bonds is 7. The molecule has 0 saturated carbocycles. The molecular weight excluding hydrogens is 489 g/mol. The Labute approximate surface area is 219 Å². The molecule has 1 amide bonds. The average molecular weight is 516 g/mol. The molecule has 188 valence electrons. The average Bonchev–Trinajstić information content (AvgIpc) is 3.50. The lowest BCUT2D eigenvalue weighted by Gasteiger charge is -2.29. The van der Waals surface area contributed by atoms with Crippen LogP contribution in [0.3, 0.4) is 0 Å². The van der Waals surface area contributed by atoms with Crippen LogP contribution in [0.2, 0.25) is 0 Å². The number of benzene rings is 2. The molecule has 9 heteroatoms. The number of aromatic nitrogens is 2. The summed E-state index contributed by atoms with van der Waals surface area (Å²) in [7, 11) is 1.48. The molecule has 37 heavy (non-hydrogen) atoms. The quantitative estimate of drug-likeness (QED) is 0.335. The smallest absolute Gasteiger partial charge is 0.250 e. The van der Waals surface area contributed by atoms with Crippen molar-refractivity contribution in [1.82, 2.24) is 14.9 Å². The van der Waals surface area contributed by atoms with Crippen LogP contribution in [0, 0.1) is 12.7 Å². The Morgan fingerprint density at radius 3 is 2.70 bits per heavy atom. The number of thiocarbonyl (C=S) groups is 1. The Hall–Kier alpha value is -4.08. The van der Waals surface area contributed by atoms with Gasteiger partial charge in [0.1, 0.15) is 18.5 Å². The molecule has 0 spiro atoms. The molecule has 0 unspecified atom stereocenters. The first-order chi connectivity index (χ1) is 18.0. The van der Waals surface area contributed by atoms with Crippen molar-refractivity contribution in [1.29, 1.82) is 0 Å². The Balaban J connectivity index is 1.59. The monoisotopic (exact) mass is 515 g/mol. The molecule has 0 aliphatic carbocycles. The first-order valence-corrected chi connectivity index (χ1v) is 12.2. The van der Waals surface area contributed by atoms with Gasteiger partial charge in [-0.1, -0.05) is 12.1 Å². The van der Waals surface area contributed by atoms with Gasteiger partial charge >= 0.3 is 0 Å². The number of carbonyl (C=O) groups is 1. The van der Waals surface area contributed by atoms with Gasteiger partial charge in [0.2, 0.25) is 5.91 Å². The van der Waals surface area contributed by atoms with Crippen molar-refractivity contribution in [2.24, 2.45) is 0 Å². The normalized spacial score (nSPS) is 17.1. The van der Waals surface area contributed by atoms with E-state index < -0.39 is 0 Å². The first-order valence-electron chi connectivity index (χ1n) is 11.8. The number of pyridine rings is 1. The summed E-state index contributed by atoms with van der Waals surface area (Å²) in [6.45, 7) is 1.91. The molecule has 1 aliphatic rings. The second kappa shape index (κ2) is 10.5. The lowest BCUT2D eigenvalue weighted by molar-refractivity contribution is -0.119. The van der Waals surface area contributed by atoms with Crippen LogP contribution in [0.25, 0.3) is 5.69 Å². The summed E-state index contributed by atoms with van der Waals surface area (Å²) in [6.07, 6.45) is 3.67.